The van der Waals surface area contributed by atoms with E-state index >= 15 is 0 Å². The zero-order chi connectivity index (χ0) is 12.7. The van der Waals surface area contributed by atoms with Crippen molar-refractivity contribution >= 4 is 11.7 Å². The lowest BCUT2D eigenvalue weighted by molar-refractivity contribution is 0.1000. The molecule has 0 fully saturated rings. The van der Waals surface area contributed by atoms with Crippen molar-refractivity contribution in [3.8, 4) is 0 Å². The molecule has 0 aliphatic carbocycles. The maximum atomic E-state index is 10.8. The molecule has 1 amide bonds. The smallest absolute Gasteiger partial charge is 0.250 e. The highest BCUT2D eigenvalue weighted by molar-refractivity contribution is 5.92. The highest BCUT2D eigenvalue weighted by Crippen LogP contribution is 2.03. The van der Waals surface area contributed by atoms with Crippen LogP contribution in [0.4, 0.5) is 5.82 Å². The summed E-state index contributed by atoms with van der Waals surface area (Å²) in [6.45, 7) is 7.44. The first-order valence-corrected chi connectivity index (χ1v) is 5.31. The molecule has 0 saturated carbocycles. The molecule has 3 N–H and O–H groups in total. The van der Waals surface area contributed by atoms with Gasteiger partial charge in [-0.05, 0) is 19.1 Å². The number of pyridine rings is 1. The number of nitrogens with one attached hydrogen (secondary N) is 1. The zero-order valence-electron chi connectivity index (χ0n) is 9.90. The fourth-order valence-corrected chi connectivity index (χ4v) is 1.14. The highest BCUT2D eigenvalue weighted by atomic mass is 16.5. The quantitative estimate of drug-likeness (QED) is 0.549. The topological polar surface area (TPSA) is 77.2 Å². The number of anilines is 1. The zero-order valence-corrected chi connectivity index (χ0v) is 9.90. The molecule has 0 radical (unpaired) electrons. The predicted molar refractivity (Wildman–Crippen MR) is 66.9 cm³/mol. The second-order valence-corrected chi connectivity index (χ2v) is 3.73. The lowest BCUT2D eigenvalue weighted by atomic mass is 10.3. The van der Waals surface area contributed by atoms with E-state index in [0.29, 0.717) is 31.1 Å². The fourth-order valence-electron chi connectivity index (χ4n) is 1.14. The van der Waals surface area contributed by atoms with Crippen LogP contribution < -0.4 is 11.1 Å². The van der Waals surface area contributed by atoms with Crippen LogP contribution in [0.15, 0.2) is 30.5 Å². The molecule has 1 aromatic heterocycles. The van der Waals surface area contributed by atoms with Crippen molar-refractivity contribution < 1.29 is 9.53 Å². The standard InChI is InChI=1S/C12H17N3O2/c1-9(2)8-17-6-5-14-11-4-3-10(7-15-11)12(13)16/h3-4,7H,1,5-6,8H2,2H3,(H2,13,16)(H,14,15). The van der Waals surface area contributed by atoms with Gasteiger partial charge in [-0.25, -0.2) is 4.98 Å². The molecular weight excluding hydrogens is 218 g/mol. The van der Waals surface area contributed by atoms with Crippen LogP contribution in [0.2, 0.25) is 0 Å². The molecule has 1 rings (SSSR count). The number of primary amides is 1. The summed E-state index contributed by atoms with van der Waals surface area (Å²) in [5.41, 5.74) is 6.50. The normalized spacial score (nSPS) is 9.94. The minimum absolute atomic E-state index is 0.397. The molecule has 0 atom stereocenters. The van der Waals surface area contributed by atoms with E-state index in [-0.39, 0.29) is 0 Å². The van der Waals surface area contributed by atoms with Gasteiger partial charge in [0.1, 0.15) is 5.82 Å². The summed E-state index contributed by atoms with van der Waals surface area (Å²) in [5, 5.41) is 3.07. The Balaban J connectivity index is 2.27. The number of aromatic nitrogens is 1. The maximum absolute atomic E-state index is 10.8. The molecule has 5 nitrogen and oxygen atoms in total. The van der Waals surface area contributed by atoms with Crippen LogP contribution in [0.5, 0.6) is 0 Å². The third-order valence-corrected chi connectivity index (χ3v) is 1.95. The molecule has 0 aromatic carbocycles. The van der Waals surface area contributed by atoms with Crippen LogP contribution in [0.25, 0.3) is 0 Å². The van der Waals surface area contributed by atoms with Gasteiger partial charge in [0.05, 0.1) is 18.8 Å². The van der Waals surface area contributed by atoms with Crippen molar-refractivity contribution in [3.63, 3.8) is 0 Å². The number of nitrogens with two attached hydrogens (primary N) is 1. The lowest BCUT2D eigenvalue weighted by Crippen LogP contribution is -2.13. The van der Waals surface area contributed by atoms with Crippen LogP contribution in [0, 0.1) is 0 Å². The van der Waals surface area contributed by atoms with Gasteiger partial charge < -0.3 is 15.8 Å². The van der Waals surface area contributed by atoms with E-state index in [0.717, 1.165) is 5.57 Å². The molecule has 1 heterocycles. The molecular formula is C12H17N3O2. The van der Waals surface area contributed by atoms with Gasteiger partial charge in [0.15, 0.2) is 0 Å². The Morgan fingerprint density at radius 3 is 2.88 bits per heavy atom. The van der Waals surface area contributed by atoms with E-state index in [1.165, 1.54) is 6.20 Å². The molecule has 5 heteroatoms. The number of carbonyl (C=O) groups is 1. The van der Waals surface area contributed by atoms with Crippen LogP contribution in [-0.2, 0) is 4.74 Å². The van der Waals surface area contributed by atoms with E-state index in [1.54, 1.807) is 12.1 Å². The molecule has 92 valence electrons. The van der Waals surface area contributed by atoms with Gasteiger partial charge in [-0.1, -0.05) is 12.2 Å². The molecule has 0 bridgehead atoms. The second-order valence-electron chi connectivity index (χ2n) is 3.73. The number of hydrogen-bond donors (Lipinski definition) is 2. The van der Waals surface area contributed by atoms with Crippen LogP contribution >= 0.6 is 0 Å². The van der Waals surface area contributed by atoms with Gasteiger partial charge in [0.25, 0.3) is 0 Å². The Kier molecular flexibility index (Phi) is 5.16. The van der Waals surface area contributed by atoms with E-state index in [2.05, 4.69) is 16.9 Å². The Bertz CT molecular complexity index is 387. The monoisotopic (exact) mass is 235 g/mol. The Hall–Kier alpha value is -1.88. The predicted octanol–water partition coefficient (Wildman–Crippen LogP) is 1.19. The van der Waals surface area contributed by atoms with Crippen molar-refractivity contribution in [2.75, 3.05) is 25.1 Å². The third-order valence-electron chi connectivity index (χ3n) is 1.95. The van der Waals surface area contributed by atoms with E-state index in [4.69, 9.17) is 10.5 Å². The molecule has 0 unspecified atom stereocenters. The fraction of sp³-hybridized carbons (Fsp3) is 0.333. The van der Waals surface area contributed by atoms with Crippen molar-refractivity contribution in [1.29, 1.82) is 0 Å². The number of ether oxygens (including phenoxy) is 1. The van der Waals surface area contributed by atoms with Crippen molar-refractivity contribution in [1.82, 2.24) is 4.98 Å². The third kappa shape index (κ3) is 5.12. The number of amides is 1. The van der Waals surface area contributed by atoms with Gasteiger partial charge in [0.2, 0.25) is 5.91 Å². The first-order chi connectivity index (χ1) is 8.09. The van der Waals surface area contributed by atoms with Crippen LogP contribution in [0.1, 0.15) is 17.3 Å². The molecule has 0 aliphatic heterocycles. The number of nitrogens with zero attached hydrogens (tertiary/aromatic N) is 1. The average molecular weight is 235 g/mol. The first-order valence-electron chi connectivity index (χ1n) is 5.31. The Labute approximate surface area is 101 Å². The van der Waals surface area contributed by atoms with Gasteiger partial charge in [-0.15, -0.1) is 0 Å². The van der Waals surface area contributed by atoms with E-state index < -0.39 is 5.91 Å². The van der Waals surface area contributed by atoms with Gasteiger partial charge in [-0.3, -0.25) is 4.79 Å². The van der Waals surface area contributed by atoms with Gasteiger partial charge >= 0.3 is 0 Å². The Morgan fingerprint density at radius 1 is 1.59 bits per heavy atom. The van der Waals surface area contributed by atoms with Crippen LogP contribution in [-0.4, -0.2) is 30.6 Å². The van der Waals surface area contributed by atoms with Gasteiger partial charge in [-0.2, -0.15) is 0 Å². The minimum Gasteiger partial charge on any atom is -0.375 e. The van der Waals surface area contributed by atoms with Crippen molar-refractivity contribution in [2.24, 2.45) is 5.73 Å². The van der Waals surface area contributed by atoms with E-state index in [9.17, 15) is 4.79 Å². The summed E-state index contributed by atoms with van der Waals surface area (Å²) >= 11 is 0. The van der Waals surface area contributed by atoms with Crippen molar-refractivity contribution in [2.45, 2.75) is 6.92 Å². The summed E-state index contributed by atoms with van der Waals surface area (Å²) < 4.78 is 5.31. The number of carbonyl (C=O) groups excluding carboxylic acids is 1. The molecule has 1 aromatic rings. The Morgan fingerprint density at radius 2 is 2.35 bits per heavy atom. The van der Waals surface area contributed by atoms with E-state index in [1.807, 2.05) is 6.92 Å². The number of rotatable bonds is 7. The highest BCUT2D eigenvalue weighted by Gasteiger charge is 2.00. The summed E-state index contributed by atoms with van der Waals surface area (Å²) in [4.78, 5) is 14.9. The van der Waals surface area contributed by atoms with Crippen molar-refractivity contribution in [3.05, 3.63) is 36.0 Å². The van der Waals surface area contributed by atoms with Gasteiger partial charge in [0, 0.05) is 12.7 Å². The average Bonchev–Trinajstić information content (AvgIpc) is 2.29. The number of hydrogen-bond acceptors (Lipinski definition) is 4. The SMILES string of the molecule is C=C(C)COCCNc1ccc(C(N)=O)cn1. The molecule has 17 heavy (non-hydrogen) atoms. The summed E-state index contributed by atoms with van der Waals surface area (Å²) in [6.07, 6.45) is 1.44. The maximum Gasteiger partial charge on any atom is 0.250 e. The molecule has 0 saturated heterocycles. The first kappa shape index (κ1) is 13.2. The second kappa shape index (κ2) is 6.65. The molecule has 0 spiro atoms. The molecule has 0 aliphatic rings. The van der Waals surface area contributed by atoms with Crippen LogP contribution in [0.3, 0.4) is 0 Å². The minimum atomic E-state index is -0.478. The summed E-state index contributed by atoms with van der Waals surface area (Å²) in [6, 6.07) is 3.34. The summed E-state index contributed by atoms with van der Waals surface area (Å²) in [5.74, 6) is 0.211. The largest absolute Gasteiger partial charge is 0.375 e. The summed E-state index contributed by atoms with van der Waals surface area (Å²) in [7, 11) is 0. The lowest BCUT2D eigenvalue weighted by Gasteiger charge is -2.06.